The summed E-state index contributed by atoms with van der Waals surface area (Å²) in [6.07, 6.45) is 0.350. The van der Waals surface area contributed by atoms with Crippen molar-refractivity contribution in [1.82, 2.24) is 0 Å². The molecule has 3 aromatic rings. The maximum Gasteiger partial charge on any atom is 0.336 e. The van der Waals surface area contributed by atoms with E-state index >= 15 is 0 Å². The minimum Gasteiger partial charge on any atom is -0.423 e. The second-order valence-electron chi connectivity index (χ2n) is 5.44. The lowest BCUT2D eigenvalue weighted by atomic mass is 10.1. The van der Waals surface area contributed by atoms with E-state index in [1.165, 1.54) is 18.2 Å². The molecular weight excluding hydrogens is 309 g/mol. The molecule has 0 saturated heterocycles. The largest absolute Gasteiger partial charge is 0.423 e. The van der Waals surface area contributed by atoms with Crippen molar-refractivity contribution in [3.8, 4) is 0 Å². The van der Waals surface area contributed by atoms with Crippen molar-refractivity contribution in [2.45, 2.75) is 19.9 Å². The van der Waals surface area contributed by atoms with Gasteiger partial charge in [0.05, 0.1) is 6.54 Å². The Balaban J connectivity index is 1.99. The molecule has 5 heteroatoms. The van der Waals surface area contributed by atoms with Gasteiger partial charge in [0.1, 0.15) is 11.4 Å². The van der Waals surface area contributed by atoms with Gasteiger partial charge in [0.25, 0.3) is 0 Å². The zero-order valence-electron chi connectivity index (χ0n) is 13.2. The molecule has 0 aliphatic carbocycles. The predicted molar refractivity (Wildman–Crippen MR) is 90.4 cm³/mol. The summed E-state index contributed by atoms with van der Waals surface area (Å²) in [4.78, 5) is 25.3. The number of anilines is 1. The molecule has 0 spiro atoms. The molecule has 0 radical (unpaired) electrons. The third-order valence-electron chi connectivity index (χ3n) is 3.77. The molecule has 1 aromatic heterocycles. The minimum atomic E-state index is -0.414. The van der Waals surface area contributed by atoms with E-state index in [-0.39, 0.29) is 11.7 Å². The van der Waals surface area contributed by atoms with Crippen LogP contribution in [0.15, 0.2) is 63.8 Å². The van der Waals surface area contributed by atoms with Crippen LogP contribution in [0, 0.1) is 5.82 Å². The number of fused-ring (bicyclic) bond motifs is 1. The summed E-state index contributed by atoms with van der Waals surface area (Å²) in [6.45, 7) is 2.13. The highest BCUT2D eigenvalue weighted by Crippen LogP contribution is 2.23. The molecule has 24 heavy (non-hydrogen) atoms. The molecular formula is C19H16FNO3. The monoisotopic (exact) mass is 325 g/mol. The maximum absolute atomic E-state index is 13.1. The van der Waals surface area contributed by atoms with E-state index in [9.17, 15) is 14.0 Å². The van der Waals surface area contributed by atoms with E-state index in [1.54, 1.807) is 48.2 Å². The van der Waals surface area contributed by atoms with Crippen LogP contribution in [0.5, 0.6) is 0 Å². The van der Waals surface area contributed by atoms with Gasteiger partial charge in [-0.25, -0.2) is 9.18 Å². The van der Waals surface area contributed by atoms with Gasteiger partial charge < -0.3 is 9.32 Å². The van der Waals surface area contributed by atoms with Gasteiger partial charge >= 0.3 is 5.63 Å². The predicted octanol–water partition coefficient (Wildman–Crippen LogP) is 3.88. The van der Waals surface area contributed by atoms with Crippen molar-refractivity contribution in [2.75, 3.05) is 4.90 Å². The van der Waals surface area contributed by atoms with Crippen molar-refractivity contribution < 1.29 is 13.6 Å². The van der Waals surface area contributed by atoms with E-state index in [0.29, 0.717) is 24.2 Å². The summed E-state index contributed by atoms with van der Waals surface area (Å²) in [6, 6.07) is 14.3. The summed E-state index contributed by atoms with van der Waals surface area (Å²) in [7, 11) is 0. The first-order chi connectivity index (χ1) is 11.6. The normalized spacial score (nSPS) is 10.8. The molecule has 2 aromatic carbocycles. The van der Waals surface area contributed by atoms with Gasteiger partial charge in [0.2, 0.25) is 5.91 Å². The zero-order valence-corrected chi connectivity index (χ0v) is 13.2. The molecule has 4 nitrogen and oxygen atoms in total. The van der Waals surface area contributed by atoms with Crippen LogP contribution in [0.2, 0.25) is 0 Å². The fraction of sp³-hybridized carbons (Fsp3) is 0.158. The molecule has 122 valence electrons. The number of nitrogens with zero attached hydrogens (tertiary/aromatic N) is 1. The van der Waals surface area contributed by atoms with E-state index in [1.807, 2.05) is 0 Å². The Morgan fingerprint density at radius 3 is 2.54 bits per heavy atom. The lowest BCUT2D eigenvalue weighted by Gasteiger charge is -2.23. The Morgan fingerprint density at radius 2 is 1.83 bits per heavy atom. The van der Waals surface area contributed by atoms with Crippen molar-refractivity contribution >= 4 is 22.6 Å². The van der Waals surface area contributed by atoms with E-state index in [4.69, 9.17) is 4.42 Å². The highest BCUT2D eigenvalue weighted by atomic mass is 19.1. The van der Waals surface area contributed by atoms with Crippen molar-refractivity contribution in [3.05, 3.63) is 76.4 Å². The second kappa shape index (κ2) is 6.66. The second-order valence-corrected chi connectivity index (χ2v) is 5.44. The number of carbonyl (C=O) groups excluding carboxylic acids is 1. The van der Waals surface area contributed by atoms with Crippen LogP contribution >= 0.6 is 0 Å². The molecule has 0 atom stereocenters. The van der Waals surface area contributed by atoms with Crippen LogP contribution in [0.4, 0.5) is 10.1 Å². The molecule has 0 bridgehead atoms. The summed E-state index contributed by atoms with van der Waals surface area (Å²) < 4.78 is 18.2. The first-order valence-corrected chi connectivity index (χ1v) is 7.65. The van der Waals surface area contributed by atoms with Crippen molar-refractivity contribution in [2.24, 2.45) is 0 Å². The van der Waals surface area contributed by atoms with Gasteiger partial charge in [-0.15, -0.1) is 0 Å². The molecule has 1 amide bonds. The van der Waals surface area contributed by atoms with Crippen molar-refractivity contribution in [1.29, 1.82) is 0 Å². The average molecular weight is 325 g/mol. The zero-order chi connectivity index (χ0) is 17.1. The fourth-order valence-corrected chi connectivity index (χ4v) is 2.51. The van der Waals surface area contributed by atoms with Crippen LogP contribution in [0.1, 0.15) is 18.9 Å². The molecule has 0 aliphatic rings. The smallest absolute Gasteiger partial charge is 0.336 e. The molecule has 0 N–H and O–H groups in total. The maximum atomic E-state index is 13.1. The lowest BCUT2D eigenvalue weighted by molar-refractivity contribution is -0.118. The SMILES string of the molecule is CCC(=O)N(Cc1ccc(F)cc1)c1ccc2oc(=O)ccc2c1. The Kier molecular flexibility index (Phi) is 4.42. The van der Waals surface area contributed by atoms with E-state index in [0.717, 1.165) is 10.9 Å². The number of benzene rings is 2. The highest BCUT2D eigenvalue weighted by molar-refractivity contribution is 5.95. The third-order valence-corrected chi connectivity index (χ3v) is 3.77. The van der Waals surface area contributed by atoms with E-state index in [2.05, 4.69) is 0 Å². The number of rotatable bonds is 4. The minimum absolute atomic E-state index is 0.0453. The van der Waals surface area contributed by atoms with Gasteiger partial charge in [-0.3, -0.25) is 4.79 Å². The van der Waals surface area contributed by atoms with E-state index < -0.39 is 5.63 Å². The first-order valence-electron chi connectivity index (χ1n) is 7.65. The van der Waals surface area contributed by atoms with Crippen molar-refractivity contribution in [3.63, 3.8) is 0 Å². The number of carbonyl (C=O) groups is 1. The van der Waals surface area contributed by atoms with Gasteiger partial charge in [0.15, 0.2) is 0 Å². The number of hydrogen-bond acceptors (Lipinski definition) is 3. The lowest BCUT2D eigenvalue weighted by Crippen LogP contribution is -2.29. The summed E-state index contributed by atoms with van der Waals surface area (Å²) >= 11 is 0. The standard InChI is InChI=1S/C19H16FNO3/c1-2-18(22)21(12-13-3-6-15(20)7-4-13)16-8-9-17-14(11-16)5-10-19(23)24-17/h3-11H,2,12H2,1H3. The number of amides is 1. The quantitative estimate of drug-likeness (QED) is 0.684. The summed E-state index contributed by atoms with van der Waals surface area (Å²) in [5.41, 5.74) is 1.59. The Hall–Kier alpha value is -2.95. The van der Waals surface area contributed by atoms with Gasteiger partial charge in [-0.1, -0.05) is 19.1 Å². The van der Waals surface area contributed by atoms with Crippen LogP contribution < -0.4 is 10.5 Å². The Morgan fingerprint density at radius 1 is 1.08 bits per heavy atom. The average Bonchev–Trinajstić information content (AvgIpc) is 2.60. The topological polar surface area (TPSA) is 50.5 Å². The highest BCUT2D eigenvalue weighted by Gasteiger charge is 2.15. The first kappa shape index (κ1) is 15.9. The number of halogens is 1. The molecule has 0 fully saturated rings. The van der Waals surface area contributed by atoms with Gasteiger partial charge in [0, 0.05) is 23.6 Å². The summed E-state index contributed by atoms with van der Waals surface area (Å²) in [5.74, 6) is -0.357. The Bertz CT molecular complexity index is 931. The van der Waals surface area contributed by atoms with Crippen LogP contribution in [-0.2, 0) is 11.3 Å². The molecule has 0 aliphatic heterocycles. The van der Waals surface area contributed by atoms with Gasteiger partial charge in [-0.2, -0.15) is 0 Å². The van der Waals surface area contributed by atoms with Crippen LogP contribution in [-0.4, -0.2) is 5.91 Å². The fourth-order valence-electron chi connectivity index (χ4n) is 2.51. The number of hydrogen-bond donors (Lipinski definition) is 0. The molecule has 0 saturated carbocycles. The van der Waals surface area contributed by atoms with Crippen LogP contribution in [0.25, 0.3) is 11.0 Å². The molecule has 0 unspecified atom stereocenters. The Labute approximate surface area is 138 Å². The third kappa shape index (κ3) is 3.35. The molecule has 1 heterocycles. The van der Waals surface area contributed by atoms with Gasteiger partial charge in [-0.05, 0) is 42.0 Å². The van der Waals surface area contributed by atoms with Crippen LogP contribution in [0.3, 0.4) is 0 Å². The summed E-state index contributed by atoms with van der Waals surface area (Å²) in [5, 5.41) is 0.736. The molecule has 3 rings (SSSR count).